The minimum absolute atomic E-state index is 0.150. The third-order valence-electron chi connectivity index (χ3n) is 4.13. The molecule has 0 bridgehead atoms. The zero-order valence-electron chi connectivity index (χ0n) is 16.9. The van der Waals surface area contributed by atoms with Crippen LogP contribution < -0.4 is 21.3 Å². The molecule has 10 heteroatoms. The molecule has 30 heavy (non-hydrogen) atoms. The number of nitrogens with zero attached hydrogens (tertiary/aromatic N) is 4. The molecule has 0 fully saturated rings. The highest BCUT2D eigenvalue weighted by Gasteiger charge is 2.12. The summed E-state index contributed by atoms with van der Waals surface area (Å²) in [5.74, 6) is 7.05. The number of aryl methyl sites for hydroxylation is 1. The highest BCUT2D eigenvalue weighted by Crippen LogP contribution is 2.18. The van der Waals surface area contributed by atoms with Gasteiger partial charge in [-0.2, -0.15) is 5.10 Å². The van der Waals surface area contributed by atoms with Gasteiger partial charge in [-0.1, -0.05) is 23.9 Å². The van der Waals surface area contributed by atoms with Crippen LogP contribution in [0.1, 0.15) is 18.1 Å². The van der Waals surface area contributed by atoms with E-state index in [-0.39, 0.29) is 17.6 Å². The van der Waals surface area contributed by atoms with Crippen molar-refractivity contribution in [2.24, 2.45) is 5.10 Å². The molecule has 0 unspecified atom stereocenters. The highest BCUT2D eigenvalue weighted by molar-refractivity contribution is 7.99. The molecule has 1 aromatic heterocycles. The van der Waals surface area contributed by atoms with Crippen LogP contribution in [0.2, 0.25) is 0 Å². The molecule has 0 saturated carbocycles. The minimum atomic E-state index is -0.156. The second-order valence-electron chi connectivity index (χ2n) is 6.42. The van der Waals surface area contributed by atoms with Gasteiger partial charge in [0.05, 0.1) is 18.6 Å². The van der Waals surface area contributed by atoms with E-state index < -0.39 is 0 Å². The summed E-state index contributed by atoms with van der Waals surface area (Å²) in [6.07, 6.45) is 0. The molecule has 1 amide bonds. The SMILES string of the molecule is COc1ccc(/C(C)=N/Nc2nnc(SCC(=O)Nc3cccc(C)c3)n2N)cc1. The Hall–Kier alpha value is -3.53. The Morgan fingerprint density at radius 3 is 2.70 bits per heavy atom. The van der Waals surface area contributed by atoms with Crippen LogP contribution in [-0.2, 0) is 4.79 Å². The number of methoxy groups -OCH3 is 1. The number of ether oxygens (including phenoxy) is 1. The lowest BCUT2D eigenvalue weighted by molar-refractivity contribution is -0.113. The van der Waals surface area contributed by atoms with E-state index in [2.05, 4.69) is 26.0 Å². The van der Waals surface area contributed by atoms with E-state index >= 15 is 0 Å². The van der Waals surface area contributed by atoms with E-state index in [1.165, 1.54) is 16.4 Å². The van der Waals surface area contributed by atoms with E-state index in [9.17, 15) is 4.79 Å². The fourth-order valence-corrected chi connectivity index (χ4v) is 3.19. The van der Waals surface area contributed by atoms with Crippen LogP contribution >= 0.6 is 11.8 Å². The third kappa shape index (κ3) is 5.51. The number of hydrogen-bond donors (Lipinski definition) is 3. The molecular weight excluding hydrogens is 402 g/mol. The minimum Gasteiger partial charge on any atom is -0.497 e. The van der Waals surface area contributed by atoms with Crippen molar-refractivity contribution in [3.63, 3.8) is 0 Å². The monoisotopic (exact) mass is 425 g/mol. The van der Waals surface area contributed by atoms with Crippen molar-refractivity contribution in [2.45, 2.75) is 19.0 Å². The van der Waals surface area contributed by atoms with Crippen LogP contribution in [0.3, 0.4) is 0 Å². The number of hydrogen-bond acceptors (Lipinski definition) is 8. The Bertz CT molecular complexity index is 1050. The first kappa shape index (κ1) is 21.2. The molecule has 0 radical (unpaired) electrons. The lowest BCUT2D eigenvalue weighted by Gasteiger charge is -2.06. The summed E-state index contributed by atoms with van der Waals surface area (Å²) in [6.45, 7) is 3.83. The number of carbonyl (C=O) groups excluding carboxylic acids is 1. The smallest absolute Gasteiger partial charge is 0.264 e. The van der Waals surface area contributed by atoms with Crippen LogP contribution in [-0.4, -0.2) is 39.4 Å². The van der Waals surface area contributed by atoms with E-state index in [0.29, 0.717) is 5.16 Å². The Morgan fingerprint density at radius 2 is 2.00 bits per heavy atom. The van der Waals surface area contributed by atoms with Gasteiger partial charge in [0.25, 0.3) is 5.95 Å². The summed E-state index contributed by atoms with van der Waals surface area (Å²) in [4.78, 5) is 12.2. The Balaban J connectivity index is 1.56. The predicted octanol–water partition coefficient (Wildman–Crippen LogP) is 2.88. The molecule has 4 N–H and O–H groups in total. The first-order valence-electron chi connectivity index (χ1n) is 9.11. The Kier molecular flexibility index (Phi) is 6.91. The maximum atomic E-state index is 12.2. The number of rotatable bonds is 8. The Morgan fingerprint density at radius 1 is 1.23 bits per heavy atom. The zero-order chi connectivity index (χ0) is 21.5. The molecule has 1 heterocycles. The van der Waals surface area contributed by atoms with Gasteiger partial charge in [-0.15, -0.1) is 10.2 Å². The van der Waals surface area contributed by atoms with E-state index in [1.54, 1.807) is 7.11 Å². The number of nitrogens with one attached hydrogen (secondary N) is 2. The van der Waals surface area contributed by atoms with Gasteiger partial charge in [0, 0.05) is 5.69 Å². The average molecular weight is 426 g/mol. The quantitative estimate of drug-likeness (QED) is 0.220. The van der Waals surface area contributed by atoms with Gasteiger partial charge in [0.1, 0.15) is 5.75 Å². The number of amides is 1. The summed E-state index contributed by atoms with van der Waals surface area (Å²) in [5, 5.41) is 15.5. The van der Waals surface area contributed by atoms with Gasteiger partial charge in [0.15, 0.2) is 0 Å². The van der Waals surface area contributed by atoms with Crippen molar-refractivity contribution in [2.75, 3.05) is 29.4 Å². The van der Waals surface area contributed by atoms with Crippen molar-refractivity contribution in [1.82, 2.24) is 14.9 Å². The number of benzene rings is 2. The maximum Gasteiger partial charge on any atom is 0.264 e. The van der Waals surface area contributed by atoms with Gasteiger partial charge in [0.2, 0.25) is 11.1 Å². The van der Waals surface area contributed by atoms with Gasteiger partial charge in [-0.25, -0.2) is 10.1 Å². The number of hydrazone groups is 1. The summed E-state index contributed by atoms with van der Waals surface area (Å²) in [7, 11) is 1.62. The molecule has 0 aliphatic rings. The van der Waals surface area contributed by atoms with Crippen molar-refractivity contribution in [1.29, 1.82) is 0 Å². The zero-order valence-corrected chi connectivity index (χ0v) is 17.7. The van der Waals surface area contributed by atoms with E-state index in [4.69, 9.17) is 10.6 Å². The van der Waals surface area contributed by atoms with Crippen molar-refractivity contribution < 1.29 is 9.53 Å². The number of carbonyl (C=O) groups is 1. The highest BCUT2D eigenvalue weighted by atomic mass is 32.2. The van der Waals surface area contributed by atoms with Crippen LogP contribution in [0.15, 0.2) is 58.8 Å². The lowest BCUT2D eigenvalue weighted by Crippen LogP contribution is -2.17. The number of aromatic nitrogens is 3. The largest absolute Gasteiger partial charge is 0.497 e. The molecule has 156 valence electrons. The standard InChI is InChI=1S/C20H23N7O2S/c1-13-5-4-6-16(11-13)22-18(28)12-30-20-26-25-19(27(20)21)24-23-14(2)15-7-9-17(29-3)10-8-15/h4-11H,12,21H2,1-3H3,(H,22,28)(H,24,25)/b23-14+. The molecular formula is C20H23N7O2S. The van der Waals surface area contributed by atoms with Crippen LogP contribution in [0, 0.1) is 6.92 Å². The molecule has 9 nitrogen and oxygen atoms in total. The predicted molar refractivity (Wildman–Crippen MR) is 120 cm³/mol. The second kappa shape index (κ2) is 9.79. The number of nitrogen functional groups attached to an aromatic ring is 1. The third-order valence-corrected chi connectivity index (χ3v) is 5.07. The average Bonchev–Trinajstić information content (AvgIpc) is 3.10. The van der Waals surface area contributed by atoms with Crippen LogP contribution in [0.5, 0.6) is 5.75 Å². The summed E-state index contributed by atoms with van der Waals surface area (Å²) in [5.41, 5.74) is 6.29. The lowest BCUT2D eigenvalue weighted by atomic mass is 10.1. The molecule has 0 spiro atoms. The topological polar surface area (TPSA) is 119 Å². The van der Waals surface area contributed by atoms with Gasteiger partial charge < -0.3 is 15.9 Å². The van der Waals surface area contributed by atoms with E-state index in [1.807, 2.05) is 62.4 Å². The summed E-state index contributed by atoms with van der Waals surface area (Å²) >= 11 is 1.18. The van der Waals surface area contributed by atoms with Crippen LogP contribution in [0.4, 0.5) is 11.6 Å². The first-order valence-corrected chi connectivity index (χ1v) is 10.1. The molecule has 0 atom stereocenters. The molecule has 0 saturated heterocycles. The number of nitrogens with two attached hydrogens (primary N) is 1. The van der Waals surface area contributed by atoms with Crippen LogP contribution in [0.25, 0.3) is 0 Å². The summed E-state index contributed by atoms with van der Waals surface area (Å²) in [6, 6.07) is 15.1. The second-order valence-corrected chi connectivity index (χ2v) is 7.36. The molecule has 0 aliphatic heterocycles. The van der Waals surface area contributed by atoms with Gasteiger partial charge in [-0.3, -0.25) is 4.79 Å². The fraction of sp³-hybridized carbons (Fsp3) is 0.200. The molecule has 2 aromatic carbocycles. The fourth-order valence-electron chi connectivity index (χ4n) is 2.53. The first-order chi connectivity index (χ1) is 14.5. The number of thioether (sulfide) groups is 1. The molecule has 3 aromatic rings. The number of anilines is 2. The van der Waals surface area contributed by atoms with Gasteiger partial charge >= 0.3 is 0 Å². The summed E-state index contributed by atoms with van der Waals surface area (Å²) < 4.78 is 6.41. The van der Waals surface area contributed by atoms with Crippen molar-refractivity contribution >= 4 is 35.0 Å². The van der Waals surface area contributed by atoms with Crippen molar-refractivity contribution in [3.05, 3.63) is 59.7 Å². The molecule has 0 aliphatic carbocycles. The maximum absolute atomic E-state index is 12.2. The Labute approximate surface area is 178 Å². The van der Waals surface area contributed by atoms with E-state index in [0.717, 1.165) is 28.3 Å². The van der Waals surface area contributed by atoms with Gasteiger partial charge in [-0.05, 0) is 61.4 Å². The molecule has 3 rings (SSSR count). The normalized spacial score (nSPS) is 11.2. The van der Waals surface area contributed by atoms with Crippen molar-refractivity contribution in [3.8, 4) is 5.75 Å².